The maximum absolute atomic E-state index is 11.0. The summed E-state index contributed by atoms with van der Waals surface area (Å²) in [4.78, 5) is 22.9. The van der Waals surface area contributed by atoms with Crippen molar-refractivity contribution in [2.45, 2.75) is 69.4 Å². The van der Waals surface area contributed by atoms with Gasteiger partial charge >= 0.3 is 0 Å². The normalized spacial score (nSPS) is 64.3. The number of carbonyl (C=O) groups is 1. The first-order valence-electron chi connectivity index (χ1n) is 9.20. The Morgan fingerprint density at radius 1 is 0.864 bits per heavy atom. The molecule has 0 aromatic heterocycles. The quantitative estimate of drug-likeness (QED) is 0.551. The second-order valence-corrected chi connectivity index (χ2v) is 9.01. The molecule has 0 N–H and O–H groups in total. The van der Waals surface area contributed by atoms with E-state index in [4.69, 9.17) is 14.5 Å². The molecule has 0 radical (unpaired) electrons. The van der Waals surface area contributed by atoms with Gasteiger partial charge in [-0.3, -0.25) is 0 Å². The SMILES string of the molecule is O=CC1CCC2(CC1)OOC1(O2)C2CC3CC4CC1CC34C2. The third-order valence-electron chi connectivity index (χ3n) is 8.38. The van der Waals surface area contributed by atoms with Gasteiger partial charge < -0.3 is 9.53 Å². The van der Waals surface area contributed by atoms with Crippen molar-refractivity contribution in [1.82, 2.24) is 0 Å². The van der Waals surface area contributed by atoms with Gasteiger partial charge in [0.2, 0.25) is 11.6 Å². The molecule has 5 aliphatic carbocycles. The molecule has 120 valence electrons. The van der Waals surface area contributed by atoms with Gasteiger partial charge in [0.05, 0.1) is 0 Å². The third-order valence-corrected chi connectivity index (χ3v) is 8.38. The molecule has 22 heavy (non-hydrogen) atoms. The van der Waals surface area contributed by atoms with E-state index in [-0.39, 0.29) is 5.92 Å². The number of fused-ring (bicyclic) bond motifs is 4. The largest absolute Gasteiger partial charge is 0.312 e. The Kier molecular flexibility index (Phi) is 2.22. The van der Waals surface area contributed by atoms with Crippen molar-refractivity contribution in [2.24, 2.45) is 35.0 Å². The van der Waals surface area contributed by atoms with Crippen LogP contribution >= 0.6 is 0 Å². The van der Waals surface area contributed by atoms with Gasteiger partial charge in [-0.15, -0.1) is 0 Å². The molecule has 5 saturated carbocycles. The first kappa shape index (κ1) is 12.9. The number of hydrogen-bond acceptors (Lipinski definition) is 4. The zero-order valence-corrected chi connectivity index (χ0v) is 13.0. The van der Waals surface area contributed by atoms with Crippen LogP contribution in [0.2, 0.25) is 0 Å². The summed E-state index contributed by atoms with van der Waals surface area (Å²) in [6, 6.07) is 0. The summed E-state index contributed by atoms with van der Waals surface area (Å²) in [5.74, 6) is 2.09. The molecule has 6 rings (SSSR count). The lowest BCUT2D eigenvalue weighted by atomic mass is 9.56. The van der Waals surface area contributed by atoms with E-state index < -0.39 is 11.6 Å². The fourth-order valence-corrected chi connectivity index (χ4v) is 7.28. The van der Waals surface area contributed by atoms with Gasteiger partial charge in [0.15, 0.2) is 0 Å². The number of aldehydes is 1. The molecule has 3 spiro atoms. The molecule has 1 saturated heterocycles. The molecule has 1 heterocycles. The summed E-state index contributed by atoms with van der Waals surface area (Å²) in [5, 5.41) is 0. The molecule has 1 aliphatic heterocycles. The Morgan fingerprint density at radius 2 is 1.50 bits per heavy atom. The summed E-state index contributed by atoms with van der Waals surface area (Å²) < 4.78 is 6.68. The fourth-order valence-electron chi connectivity index (χ4n) is 7.28. The van der Waals surface area contributed by atoms with E-state index in [2.05, 4.69) is 0 Å². The fraction of sp³-hybridized carbons (Fsp3) is 0.944. The van der Waals surface area contributed by atoms with Crippen molar-refractivity contribution in [1.29, 1.82) is 0 Å². The standard InChI is InChI=1S/C18H24O4/c19-10-11-1-3-17(4-2-11)20-18(22-21-17)14-6-12-5-13-7-15(18)9-16(12,13)8-14/h10-15H,1-9H2. The average molecular weight is 304 g/mol. The van der Waals surface area contributed by atoms with E-state index >= 15 is 0 Å². The van der Waals surface area contributed by atoms with Crippen molar-refractivity contribution in [2.75, 3.05) is 0 Å². The van der Waals surface area contributed by atoms with E-state index in [1.54, 1.807) is 0 Å². The minimum atomic E-state index is -0.561. The van der Waals surface area contributed by atoms with Gasteiger partial charge in [0, 0.05) is 30.6 Å². The van der Waals surface area contributed by atoms with Gasteiger partial charge in [-0.25, -0.2) is 0 Å². The van der Waals surface area contributed by atoms with E-state index in [9.17, 15) is 4.79 Å². The minimum Gasteiger partial charge on any atom is -0.312 e. The predicted molar refractivity (Wildman–Crippen MR) is 76.2 cm³/mol. The van der Waals surface area contributed by atoms with Crippen LogP contribution < -0.4 is 0 Å². The summed E-state index contributed by atoms with van der Waals surface area (Å²) in [7, 11) is 0. The maximum atomic E-state index is 11.0. The van der Waals surface area contributed by atoms with Crippen LogP contribution in [-0.4, -0.2) is 17.9 Å². The van der Waals surface area contributed by atoms with E-state index in [0.29, 0.717) is 17.3 Å². The molecule has 4 unspecified atom stereocenters. The highest BCUT2D eigenvalue weighted by molar-refractivity contribution is 5.53. The van der Waals surface area contributed by atoms with Crippen molar-refractivity contribution in [3.05, 3.63) is 0 Å². The molecule has 3 bridgehead atoms. The van der Waals surface area contributed by atoms with E-state index in [1.807, 2.05) is 0 Å². The molecule has 4 nitrogen and oxygen atoms in total. The van der Waals surface area contributed by atoms with Gasteiger partial charge in [-0.05, 0) is 62.2 Å². The second kappa shape index (κ2) is 3.79. The molecular formula is C18H24O4. The second-order valence-electron chi connectivity index (χ2n) is 9.01. The molecule has 0 aromatic carbocycles. The Labute approximate surface area is 130 Å². The summed E-state index contributed by atoms with van der Waals surface area (Å²) >= 11 is 0. The lowest BCUT2D eigenvalue weighted by molar-refractivity contribution is -0.374. The van der Waals surface area contributed by atoms with Crippen LogP contribution in [0.15, 0.2) is 0 Å². The van der Waals surface area contributed by atoms with Crippen molar-refractivity contribution in [3.8, 4) is 0 Å². The highest BCUT2D eigenvalue weighted by atomic mass is 17.3. The first-order chi connectivity index (χ1) is 10.7. The van der Waals surface area contributed by atoms with Crippen molar-refractivity contribution >= 4 is 6.29 Å². The molecule has 0 amide bonds. The molecule has 0 aromatic rings. The van der Waals surface area contributed by atoms with Crippen molar-refractivity contribution < 1.29 is 19.3 Å². The van der Waals surface area contributed by atoms with Gasteiger partial charge in [0.1, 0.15) is 6.29 Å². The first-order valence-corrected chi connectivity index (χ1v) is 9.20. The lowest BCUT2D eigenvalue weighted by Crippen LogP contribution is -2.50. The van der Waals surface area contributed by atoms with Crippen LogP contribution in [0.3, 0.4) is 0 Å². The highest BCUT2D eigenvalue weighted by Crippen LogP contribution is 2.79. The van der Waals surface area contributed by atoms with E-state index in [1.165, 1.54) is 32.1 Å². The highest BCUT2D eigenvalue weighted by Gasteiger charge is 2.77. The maximum Gasteiger partial charge on any atom is 0.210 e. The molecule has 4 heteroatoms. The number of rotatable bonds is 1. The Bertz CT molecular complexity index is 511. The van der Waals surface area contributed by atoms with Crippen LogP contribution in [0, 0.1) is 35.0 Å². The minimum absolute atomic E-state index is 0.180. The van der Waals surface area contributed by atoms with Crippen LogP contribution in [0.4, 0.5) is 0 Å². The summed E-state index contributed by atoms with van der Waals surface area (Å²) in [5.41, 5.74) is 0.665. The topological polar surface area (TPSA) is 44.8 Å². The van der Waals surface area contributed by atoms with Crippen LogP contribution in [0.25, 0.3) is 0 Å². The smallest absolute Gasteiger partial charge is 0.210 e. The summed E-state index contributed by atoms with van der Waals surface area (Å²) in [6.45, 7) is 0. The van der Waals surface area contributed by atoms with Gasteiger partial charge in [0.25, 0.3) is 0 Å². The predicted octanol–water partition coefficient (Wildman–Crippen LogP) is 3.20. The Balaban J connectivity index is 1.30. The van der Waals surface area contributed by atoms with Gasteiger partial charge in [-0.2, -0.15) is 9.78 Å². The van der Waals surface area contributed by atoms with Crippen molar-refractivity contribution in [3.63, 3.8) is 0 Å². The number of carbonyl (C=O) groups excluding carboxylic acids is 1. The Hall–Kier alpha value is -0.450. The number of ether oxygens (including phenoxy) is 1. The van der Waals surface area contributed by atoms with E-state index in [0.717, 1.165) is 43.8 Å². The molecule has 6 fully saturated rings. The van der Waals surface area contributed by atoms with Gasteiger partial charge in [-0.1, -0.05) is 0 Å². The molecular weight excluding hydrogens is 280 g/mol. The van der Waals surface area contributed by atoms with Crippen LogP contribution in [0.1, 0.15) is 57.8 Å². The molecule has 6 aliphatic rings. The average Bonchev–Trinajstić information content (AvgIpc) is 3.11. The Morgan fingerprint density at radius 3 is 2.14 bits per heavy atom. The zero-order chi connectivity index (χ0) is 14.6. The zero-order valence-electron chi connectivity index (χ0n) is 13.0. The van der Waals surface area contributed by atoms with Crippen LogP contribution in [-0.2, 0) is 19.3 Å². The summed E-state index contributed by atoms with van der Waals surface area (Å²) in [6.07, 6.45) is 11.0. The number of hydrogen-bond donors (Lipinski definition) is 0. The molecule has 4 atom stereocenters. The monoisotopic (exact) mass is 304 g/mol. The van der Waals surface area contributed by atoms with Crippen LogP contribution in [0.5, 0.6) is 0 Å². The lowest BCUT2D eigenvalue weighted by Gasteiger charge is -2.49. The third kappa shape index (κ3) is 1.28.